The molecule has 0 N–H and O–H groups in total. The lowest BCUT2D eigenvalue weighted by molar-refractivity contribution is -0.103. The monoisotopic (exact) mass is 386 g/mol. The Hall–Kier alpha value is -2.67. The molecule has 0 aromatic heterocycles. The summed E-state index contributed by atoms with van der Waals surface area (Å²) in [6.45, 7) is 2.80. The molecule has 0 spiro atoms. The second-order valence-corrected chi connectivity index (χ2v) is 6.60. The number of carbonyl (C=O) groups is 2. The van der Waals surface area contributed by atoms with Crippen LogP contribution in [0.5, 0.6) is 0 Å². The summed E-state index contributed by atoms with van der Waals surface area (Å²) in [6, 6.07) is 16.5. The van der Waals surface area contributed by atoms with Crippen LogP contribution >= 0.6 is 0 Å². The van der Waals surface area contributed by atoms with E-state index >= 15 is 0 Å². The van der Waals surface area contributed by atoms with Gasteiger partial charge in [0.25, 0.3) is 0 Å². The van der Waals surface area contributed by atoms with Crippen LogP contribution in [0.2, 0.25) is 0 Å². The summed E-state index contributed by atoms with van der Waals surface area (Å²) in [5, 5.41) is 0. The number of ether oxygens (including phenoxy) is 3. The third-order valence-corrected chi connectivity index (χ3v) is 3.91. The van der Waals surface area contributed by atoms with Gasteiger partial charge in [-0.3, -0.25) is 0 Å². The number of alkyl halides is 1. The van der Waals surface area contributed by atoms with Gasteiger partial charge in [0.2, 0.25) is 0 Å². The summed E-state index contributed by atoms with van der Waals surface area (Å²) in [5.74, 6) is -1.22. The van der Waals surface area contributed by atoms with E-state index < -0.39 is 30.3 Å². The summed E-state index contributed by atoms with van der Waals surface area (Å²) in [6.07, 6.45) is -3.69. The van der Waals surface area contributed by atoms with Gasteiger partial charge < -0.3 is 14.2 Å². The molecular weight excluding hydrogens is 362 g/mol. The van der Waals surface area contributed by atoms with Gasteiger partial charge in [0.1, 0.15) is 26.7 Å². The summed E-state index contributed by atoms with van der Waals surface area (Å²) >= 11 is 0. The van der Waals surface area contributed by atoms with E-state index in [9.17, 15) is 14.0 Å². The second-order valence-electron chi connectivity index (χ2n) is 6.60. The Morgan fingerprint density at radius 2 is 1.43 bits per heavy atom. The maximum absolute atomic E-state index is 14.3. The van der Waals surface area contributed by atoms with Gasteiger partial charge in [0.05, 0.1) is 11.1 Å². The van der Waals surface area contributed by atoms with Gasteiger partial charge in [-0.15, -0.1) is 0 Å². The quantitative estimate of drug-likeness (QED) is 0.490. The fourth-order valence-electron chi connectivity index (χ4n) is 2.61. The van der Waals surface area contributed by atoms with Crippen LogP contribution in [0.4, 0.5) is 4.39 Å². The van der Waals surface area contributed by atoms with E-state index in [1.54, 1.807) is 75.4 Å². The Balaban J connectivity index is 2.10. The van der Waals surface area contributed by atoms with Crippen LogP contribution in [0.25, 0.3) is 0 Å². The van der Waals surface area contributed by atoms with Crippen LogP contribution in [-0.4, -0.2) is 50.8 Å². The normalized spacial score (nSPS) is 15.1. The third kappa shape index (κ3) is 6.49. The maximum Gasteiger partial charge on any atom is 0.338 e. The van der Waals surface area contributed by atoms with Crippen LogP contribution in [-0.2, 0) is 14.2 Å². The minimum Gasteiger partial charge on any atom is -0.459 e. The highest BCUT2D eigenvalue weighted by molar-refractivity contribution is 6.10. The van der Waals surface area contributed by atoms with E-state index in [0.717, 1.165) is 0 Å². The number of carbonyl (C=O) groups excluding carboxylic acids is 2. The molecule has 0 heterocycles. The SMILES string of the molecule is BC(C)O[C@H](COC(=O)c1ccccc1)[C@@H](OC(=O)c1ccccc1)C(C)F. The van der Waals surface area contributed by atoms with Crippen molar-refractivity contribution in [3.63, 3.8) is 0 Å². The molecule has 2 unspecified atom stereocenters. The first-order chi connectivity index (χ1) is 13.4. The van der Waals surface area contributed by atoms with Crippen molar-refractivity contribution in [2.24, 2.45) is 0 Å². The van der Waals surface area contributed by atoms with Crippen LogP contribution < -0.4 is 0 Å². The molecule has 0 amide bonds. The number of hydrogen-bond acceptors (Lipinski definition) is 5. The molecule has 0 saturated heterocycles. The summed E-state index contributed by atoms with van der Waals surface area (Å²) in [7, 11) is 1.77. The molecule has 7 heteroatoms. The Morgan fingerprint density at radius 3 is 1.89 bits per heavy atom. The van der Waals surface area contributed by atoms with Crippen molar-refractivity contribution in [2.75, 3.05) is 6.61 Å². The summed E-state index contributed by atoms with van der Waals surface area (Å²) < 4.78 is 30.7. The standard InChI is InChI=1S/C21H24BFO5/c1-14(23)19(28-21(25)17-11-7-4-8-12-17)18(27-15(2)22)13-26-20(24)16-9-5-3-6-10-16/h3-12,14-15,18-19H,13,22H2,1-2H3/t14?,15?,18-,19+/m1/s1. The Morgan fingerprint density at radius 1 is 0.929 bits per heavy atom. The van der Waals surface area contributed by atoms with Crippen LogP contribution in [0.3, 0.4) is 0 Å². The zero-order valence-corrected chi connectivity index (χ0v) is 16.2. The average molecular weight is 386 g/mol. The topological polar surface area (TPSA) is 61.8 Å². The largest absolute Gasteiger partial charge is 0.459 e. The highest BCUT2D eigenvalue weighted by Crippen LogP contribution is 2.17. The highest BCUT2D eigenvalue weighted by atomic mass is 19.1. The molecule has 2 aromatic carbocycles. The molecular formula is C21H24BFO5. The Bertz CT molecular complexity index is 752. The zero-order chi connectivity index (χ0) is 20.5. The number of rotatable bonds is 9. The smallest absolute Gasteiger partial charge is 0.338 e. The molecule has 5 nitrogen and oxygen atoms in total. The van der Waals surface area contributed by atoms with Gasteiger partial charge >= 0.3 is 11.9 Å². The molecule has 0 aliphatic heterocycles. The van der Waals surface area contributed by atoms with E-state index in [4.69, 9.17) is 14.2 Å². The van der Waals surface area contributed by atoms with Crippen molar-refractivity contribution < 1.29 is 28.2 Å². The first-order valence-corrected chi connectivity index (χ1v) is 9.16. The molecule has 0 fully saturated rings. The predicted molar refractivity (Wildman–Crippen MR) is 106 cm³/mol. The first kappa shape index (κ1) is 21.6. The average Bonchev–Trinajstić information content (AvgIpc) is 2.69. The first-order valence-electron chi connectivity index (χ1n) is 9.16. The Labute approximate surface area is 165 Å². The predicted octanol–water partition coefficient (Wildman–Crippen LogP) is 2.79. The highest BCUT2D eigenvalue weighted by Gasteiger charge is 2.33. The van der Waals surface area contributed by atoms with Crippen LogP contribution in [0.1, 0.15) is 34.6 Å². The lowest BCUT2D eigenvalue weighted by atomic mass is 10.0. The molecule has 0 aliphatic rings. The minimum atomic E-state index is -1.52. The molecule has 0 radical (unpaired) electrons. The molecule has 4 atom stereocenters. The molecule has 0 aliphatic carbocycles. The van der Waals surface area contributed by atoms with Crippen molar-refractivity contribution in [3.8, 4) is 0 Å². The molecule has 28 heavy (non-hydrogen) atoms. The van der Waals surface area contributed by atoms with Gasteiger partial charge in [0.15, 0.2) is 6.10 Å². The molecule has 2 rings (SSSR count). The summed E-state index contributed by atoms with van der Waals surface area (Å²) in [4.78, 5) is 24.5. The van der Waals surface area contributed by atoms with Gasteiger partial charge in [-0.05, 0) is 38.1 Å². The molecule has 0 saturated carbocycles. The van der Waals surface area contributed by atoms with Crippen molar-refractivity contribution in [1.29, 1.82) is 0 Å². The zero-order valence-electron chi connectivity index (χ0n) is 16.2. The van der Waals surface area contributed by atoms with E-state index in [-0.39, 0.29) is 12.6 Å². The van der Waals surface area contributed by atoms with Crippen molar-refractivity contribution in [1.82, 2.24) is 0 Å². The van der Waals surface area contributed by atoms with Crippen molar-refractivity contribution in [2.45, 2.75) is 38.2 Å². The van der Waals surface area contributed by atoms with Gasteiger partial charge in [0, 0.05) is 6.00 Å². The lowest BCUT2D eigenvalue weighted by Crippen LogP contribution is -2.44. The van der Waals surface area contributed by atoms with Gasteiger partial charge in [-0.2, -0.15) is 0 Å². The number of esters is 2. The summed E-state index contributed by atoms with van der Waals surface area (Å²) in [5.41, 5.74) is 0.676. The molecule has 2 aromatic rings. The van der Waals surface area contributed by atoms with Crippen molar-refractivity contribution >= 4 is 19.8 Å². The number of hydrogen-bond donors (Lipinski definition) is 0. The van der Waals surface area contributed by atoms with Gasteiger partial charge in [-0.25, -0.2) is 14.0 Å². The minimum absolute atomic E-state index is 0.243. The van der Waals surface area contributed by atoms with Crippen molar-refractivity contribution in [3.05, 3.63) is 71.8 Å². The van der Waals surface area contributed by atoms with E-state index in [0.29, 0.717) is 11.1 Å². The second kappa shape index (κ2) is 10.6. The number of halogens is 1. The van der Waals surface area contributed by atoms with Gasteiger partial charge in [-0.1, -0.05) is 36.4 Å². The maximum atomic E-state index is 14.3. The lowest BCUT2D eigenvalue weighted by Gasteiger charge is -2.29. The van der Waals surface area contributed by atoms with E-state index in [2.05, 4.69) is 0 Å². The molecule has 148 valence electrons. The third-order valence-electron chi connectivity index (χ3n) is 3.91. The van der Waals surface area contributed by atoms with Crippen LogP contribution in [0, 0.1) is 0 Å². The Kier molecular flexibility index (Phi) is 8.20. The number of benzene rings is 2. The van der Waals surface area contributed by atoms with Crippen LogP contribution in [0.15, 0.2) is 60.7 Å². The fourth-order valence-corrected chi connectivity index (χ4v) is 2.61. The fraction of sp³-hybridized carbons (Fsp3) is 0.333. The molecule has 0 bridgehead atoms. The van der Waals surface area contributed by atoms with E-state index in [1.165, 1.54) is 6.92 Å². The van der Waals surface area contributed by atoms with E-state index in [1.807, 2.05) is 0 Å².